The van der Waals surface area contributed by atoms with Crippen LogP contribution in [0.5, 0.6) is 0 Å². The number of rotatable bonds is 10. The van der Waals surface area contributed by atoms with Gasteiger partial charge in [0.2, 0.25) is 5.91 Å². The van der Waals surface area contributed by atoms with Crippen molar-refractivity contribution in [2.24, 2.45) is 0 Å². The number of hydrogen-bond donors (Lipinski definition) is 3. The average Bonchev–Trinajstić information content (AvgIpc) is 3.42. The van der Waals surface area contributed by atoms with Crippen molar-refractivity contribution in [2.45, 2.75) is 13.5 Å². The van der Waals surface area contributed by atoms with Gasteiger partial charge >= 0.3 is 0 Å². The molecule has 0 aliphatic rings. The van der Waals surface area contributed by atoms with Crippen LogP contribution in [0.4, 0.5) is 16.5 Å². The molecule has 0 saturated carbocycles. The Morgan fingerprint density at radius 1 is 1.25 bits per heavy atom. The molecule has 0 bridgehead atoms. The molecule has 12 heteroatoms. The highest BCUT2D eigenvalue weighted by molar-refractivity contribution is 7.17. The Bertz CT molecular complexity index is 1130. The zero-order valence-corrected chi connectivity index (χ0v) is 19.0. The standard InChI is InChI=1S/C20H21N5O5S2/c1-12(26)22-10-14-4-6-18(32-14)17-11-31-20(23-17)24-19(27)15-9-13(25(28)29)3-5-16(15)21-7-8-30-2/h3-6,9,11,21H,7-8,10H2,1-2H3,(H,22,26)(H,23,24,27). The Kier molecular flexibility index (Phi) is 7.87. The maximum absolute atomic E-state index is 12.9. The molecule has 32 heavy (non-hydrogen) atoms. The Labute approximate surface area is 191 Å². The van der Waals surface area contributed by atoms with Gasteiger partial charge in [0, 0.05) is 48.7 Å². The van der Waals surface area contributed by atoms with E-state index in [2.05, 4.69) is 20.9 Å². The number of carbonyl (C=O) groups excluding carboxylic acids is 2. The number of aromatic nitrogens is 1. The van der Waals surface area contributed by atoms with Crippen LogP contribution in [-0.4, -0.2) is 42.0 Å². The smallest absolute Gasteiger partial charge is 0.270 e. The molecule has 0 spiro atoms. The average molecular weight is 476 g/mol. The van der Waals surface area contributed by atoms with Crippen LogP contribution in [0.25, 0.3) is 10.6 Å². The topological polar surface area (TPSA) is 135 Å². The van der Waals surface area contributed by atoms with Crippen LogP contribution in [-0.2, 0) is 16.1 Å². The number of benzene rings is 1. The van der Waals surface area contributed by atoms with Crippen molar-refractivity contribution in [3.8, 4) is 10.6 Å². The molecule has 3 rings (SSSR count). The second-order valence-electron chi connectivity index (χ2n) is 6.57. The van der Waals surface area contributed by atoms with Gasteiger partial charge in [-0.15, -0.1) is 22.7 Å². The van der Waals surface area contributed by atoms with Crippen LogP contribution in [0.3, 0.4) is 0 Å². The molecule has 1 aromatic carbocycles. The quantitative estimate of drug-likeness (QED) is 0.231. The van der Waals surface area contributed by atoms with Gasteiger partial charge in [-0.2, -0.15) is 0 Å². The summed E-state index contributed by atoms with van der Waals surface area (Å²) in [5, 5.41) is 21.8. The molecule has 0 fully saturated rings. The highest BCUT2D eigenvalue weighted by atomic mass is 32.1. The second-order valence-corrected chi connectivity index (χ2v) is 8.60. The van der Waals surface area contributed by atoms with Crippen LogP contribution in [0.15, 0.2) is 35.7 Å². The highest BCUT2D eigenvalue weighted by Crippen LogP contribution is 2.31. The van der Waals surface area contributed by atoms with Gasteiger partial charge in [0.05, 0.1) is 34.2 Å². The van der Waals surface area contributed by atoms with E-state index in [0.29, 0.717) is 36.2 Å². The third-order valence-corrected chi connectivity index (χ3v) is 6.10. The lowest BCUT2D eigenvalue weighted by atomic mass is 10.1. The summed E-state index contributed by atoms with van der Waals surface area (Å²) in [5.74, 6) is -0.608. The number of anilines is 2. The summed E-state index contributed by atoms with van der Waals surface area (Å²) in [6, 6.07) is 7.88. The molecule has 0 aliphatic heterocycles. The van der Waals surface area contributed by atoms with E-state index in [1.807, 2.05) is 17.5 Å². The van der Waals surface area contributed by atoms with Crippen LogP contribution < -0.4 is 16.0 Å². The number of methoxy groups -OCH3 is 1. The Morgan fingerprint density at radius 2 is 2.06 bits per heavy atom. The first-order chi connectivity index (χ1) is 15.4. The predicted molar refractivity (Wildman–Crippen MR) is 124 cm³/mol. The van der Waals surface area contributed by atoms with Crippen molar-refractivity contribution in [3.63, 3.8) is 0 Å². The highest BCUT2D eigenvalue weighted by Gasteiger charge is 2.18. The summed E-state index contributed by atoms with van der Waals surface area (Å²) in [5.41, 5.74) is 1.11. The van der Waals surface area contributed by atoms with Crippen molar-refractivity contribution >= 4 is 51.0 Å². The molecule has 2 amide bonds. The fourth-order valence-electron chi connectivity index (χ4n) is 2.71. The van der Waals surface area contributed by atoms with Crippen LogP contribution in [0.2, 0.25) is 0 Å². The lowest BCUT2D eigenvalue weighted by molar-refractivity contribution is -0.384. The molecule has 2 aromatic heterocycles. The molecule has 2 heterocycles. The molecular weight excluding hydrogens is 454 g/mol. The van der Waals surface area contributed by atoms with E-state index in [0.717, 1.165) is 9.75 Å². The van der Waals surface area contributed by atoms with E-state index in [4.69, 9.17) is 4.74 Å². The molecule has 10 nitrogen and oxygen atoms in total. The number of thiazole rings is 1. The Balaban J connectivity index is 1.75. The maximum Gasteiger partial charge on any atom is 0.270 e. The Hall–Kier alpha value is -3.35. The number of carbonyl (C=O) groups is 2. The maximum atomic E-state index is 12.9. The van der Waals surface area contributed by atoms with Gasteiger partial charge in [0.15, 0.2) is 5.13 Å². The zero-order valence-electron chi connectivity index (χ0n) is 17.3. The first-order valence-corrected chi connectivity index (χ1v) is 11.2. The summed E-state index contributed by atoms with van der Waals surface area (Å²) >= 11 is 2.75. The van der Waals surface area contributed by atoms with Gasteiger partial charge in [-0.25, -0.2) is 4.98 Å². The molecule has 168 valence electrons. The minimum atomic E-state index is -0.549. The number of nitro groups is 1. The van der Waals surface area contributed by atoms with Gasteiger partial charge in [-0.05, 0) is 18.2 Å². The summed E-state index contributed by atoms with van der Waals surface area (Å²) in [4.78, 5) is 40.9. The van der Waals surface area contributed by atoms with Crippen molar-refractivity contribution in [1.82, 2.24) is 10.3 Å². The van der Waals surface area contributed by atoms with Crippen LogP contribution in [0.1, 0.15) is 22.2 Å². The number of non-ortho nitro benzene ring substituents is 1. The number of nitro benzene ring substituents is 1. The van der Waals surface area contributed by atoms with Gasteiger partial charge in [-0.3, -0.25) is 25.0 Å². The van der Waals surface area contributed by atoms with E-state index in [1.165, 1.54) is 47.8 Å². The van der Waals surface area contributed by atoms with Crippen molar-refractivity contribution in [1.29, 1.82) is 0 Å². The van der Waals surface area contributed by atoms with Gasteiger partial charge < -0.3 is 15.4 Å². The summed E-state index contributed by atoms with van der Waals surface area (Å²) in [6.07, 6.45) is 0. The normalized spacial score (nSPS) is 10.6. The number of nitrogens with zero attached hydrogens (tertiary/aromatic N) is 2. The molecular formula is C20H21N5O5S2. The molecule has 0 saturated heterocycles. The molecule has 3 aromatic rings. The van der Waals surface area contributed by atoms with E-state index >= 15 is 0 Å². The van der Waals surface area contributed by atoms with Gasteiger partial charge in [0.1, 0.15) is 0 Å². The molecule has 0 aliphatic carbocycles. The number of hydrogen-bond acceptors (Lipinski definition) is 9. The fourth-order valence-corrected chi connectivity index (χ4v) is 4.39. The van der Waals surface area contributed by atoms with E-state index in [9.17, 15) is 19.7 Å². The van der Waals surface area contributed by atoms with Crippen LogP contribution >= 0.6 is 22.7 Å². The molecule has 0 atom stereocenters. The third kappa shape index (κ3) is 6.09. The van der Waals surface area contributed by atoms with Crippen LogP contribution in [0, 0.1) is 10.1 Å². The molecule has 3 N–H and O–H groups in total. The molecule has 0 unspecified atom stereocenters. The number of ether oxygens (including phenoxy) is 1. The van der Waals surface area contributed by atoms with E-state index < -0.39 is 10.8 Å². The third-order valence-electron chi connectivity index (χ3n) is 4.23. The SMILES string of the molecule is COCCNc1ccc([N+](=O)[O-])cc1C(=O)Nc1nc(-c2ccc(CNC(C)=O)s2)cs1. The first kappa shape index (κ1) is 23.3. The monoisotopic (exact) mass is 475 g/mol. The number of amides is 2. The minimum absolute atomic E-state index is 0.101. The molecule has 0 radical (unpaired) electrons. The minimum Gasteiger partial charge on any atom is -0.383 e. The lowest BCUT2D eigenvalue weighted by Gasteiger charge is -2.11. The first-order valence-electron chi connectivity index (χ1n) is 9.49. The van der Waals surface area contributed by atoms with E-state index in [1.54, 1.807) is 7.11 Å². The van der Waals surface area contributed by atoms with Crippen molar-refractivity contribution in [2.75, 3.05) is 30.9 Å². The number of nitrogens with one attached hydrogen (secondary N) is 3. The largest absolute Gasteiger partial charge is 0.383 e. The van der Waals surface area contributed by atoms with Gasteiger partial charge in [0.25, 0.3) is 11.6 Å². The van der Waals surface area contributed by atoms with E-state index in [-0.39, 0.29) is 17.2 Å². The zero-order chi connectivity index (χ0) is 23.1. The summed E-state index contributed by atoms with van der Waals surface area (Å²) < 4.78 is 5.00. The summed E-state index contributed by atoms with van der Waals surface area (Å²) in [6.45, 7) is 2.76. The lowest BCUT2D eigenvalue weighted by Crippen LogP contribution is -2.17. The fraction of sp³-hybridized carbons (Fsp3) is 0.250. The summed E-state index contributed by atoms with van der Waals surface area (Å²) in [7, 11) is 1.56. The van der Waals surface area contributed by atoms with Gasteiger partial charge in [-0.1, -0.05) is 0 Å². The van der Waals surface area contributed by atoms with Crippen molar-refractivity contribution < 1.29 is 19.2 Å². The predicted octanol–water partition coefficient (Wildman–Crippen LogP) is 3.73. The number of thiophene rings is 1. The van der Waals surface area contributed by atoms with Crippen molar-refractivity contribution in [3.05, 3.63) is 56.3 Å². The second kappa shape index (κ2) is 10.8. The Morgan fingerprint density at radius 3 is 2.78 bits per heavy atom.